The van der Waals surface area contributed by atoms with Crippen LogP contribution in [0.5, 0.6) is 0 Å². The van der Waals surface area contributed by atoms with Crippen LogP contribution in [-0.4, -0.2) is 9.97 Å². The maximum atomic E-state index is 6.37. The van der Waals surface area contributed by atoms with Gasteiger partial charge in [-0.3, -0.25) is 0 Å². The van der Waals surface area contributed by atoms with Crippen LogP contribution in [0.3, 0.4) is 0 Å². The van der Waals surface area contributed by atoms with Gasteiger partial charge in [0.15, 0.2) is 0 Å². The van der Waals surface area contributed by atoms with Gasteiger partial charge in [-0.1, -0.05) is 164 Å². The molecular weight excluding hydrogens is 755 g/mol. The average molecular weight is 792 g/mol. The van der Waals surface area contributed by atoms with Crippen LogP contribution >= 0.6 is 0 Å². The first-order valence-corrected chi connectivity index (χ1v) is 21.0. The van der Waals surface area contributed by atoms with Gasteiger partial charge < -0.3 is 9.32 Å². The number of benzene rings is 10. The summed E-state index contributed by atoms with van der Waals surface area (Å²) in [5, 5.41) is 6.79. The van der Waals surface area contributed by atoms with Crippen LogP contribution in [-0.2, 0) is 0 Å². The molecule has 12 aromatic rings. The summed E-state index contributed by atoms with van der Waals surface area (Å²) >= 11 is 0. The third kappa shape index (κ3) is 6.16. The number of hydrogen-bond acceptors (Lipinski definition) is 4. The van der Waals surface area contributed by atoms with Crippen LogP contribution in [0.4, 0.5) is 17.1 Å². The summed E-state index contributed by atoms with van der Waals surface area (Å²) in [4.78, 5) is 13.0. The lowest BCUT2D eigenvalue weighted by atomic mass is 9.96. The topological polar surface area (TPSA) is 42.2 Å². The minimum absolute atomic E-state index is 0.863. The molecule has 290 valence electrons. The minimum atomic E-state index is 0.863. The van der Waals surface area contributed by atoms with Crippen LogP contribution in [0.1, 0.15) is 0 Å². The maximum absolute atomic E-state index is 6.37. The average Bonchev–Trinajstić information content (AvgIpc) is 3.72. The van der Waals surface area contributed by atoms with Gasteiger partial charge in [-0.2, -0.15) is 0 Å². The molecule has 62 heavy (non-hydrogen) atoms. The first-order valence-electron chi connectivity index (χ1n) is 21.0. The van der Waals surface area contributed by atoms with E-state index in [1.807, 2.05) is 24.3 Å². The molecule has 0 spiro atoms. The lowest BCUT2D eigenvalue weighted by molar-refractivity contribution is 0.669. The molecule has 12 rings (SSSR count). The number of hydrogen-bond donors (Lipinski definition) is 0. The SMILES string of the molecule is c1ccc(-c2ccc(N(c3ccc(-c4ccc5c(ccc6ccc7nc(-c8ccccc8)c(-c8ccccc8)nc7c65)c4)cc3)c3ccc4c(c3)oc3ccccc34)cc2)cc1. The minimum Gasteiger partial charge on any atom is -0.456 e. The quantitative estimate of drug-likeness (QED) is 0.151. The molecule has 0 aliphatic rings. The van der Waals surface area contributed by atoms with Crippen LogP contribution in [0, 0.1) is 0 Å². The van der Waals surface area contributed by atoms with E-state index in [4.69, 9.17) is 14.4 Å². The van der Waals surface area contributed by atoms with E-state index in [9.17, 15) is 0 Å². The van der Waals surface area contributed by atoms with Crippen molar-refractivity contribution in [3.05, 3.63) is 224 Å². The molecule has 0 radical (unpaired) electrons. The number of fused-ring (bicyclic) bond motifs is 8. The maximum Gasteiger partial charge on any atom is 0.137 e. The van der Waals surface area contributed by atoms with E-state index in [0.717, 1.165) is 105 Å². The fraction of sp³-hybridized carbons (Fsp3) is 0. The number of rotatable bonds is 7. The molecule has 4 nitrogen and oxygen atoms in total. The van der Waals surface area contributed by atoms with E-state index in [1.165, 1.54) is 11.1 Å². The first-order chi connectivity index (χ1) is 30.7. The van der Waals surface area contributed by atoms with Gasteiger partial charge in [0, 0.05) is 50.4 Å². The Morgan fingerprint density at radius 1 is 0.323 bits per heavy atom. The first kappa shape index (κ1) is 35.6. The van der Waals surface area contributed by atoms with E-state index in [2.05, 4.69) is 205 Å². The highest BCUT2D eigenvalue weighted by atomic mass is 16.3. The number of para-hydroxylation sites is 1. The molecular formula is C58H37N3O. The van der Waals surface area contributed by atoms with Gasteiger partial charge in [-0.25, -0.2) is 9.97 Å². The second kappa shape index (κ2) is 14.7. The molecule has 4 heteroatoms. The summed E-state index contributed by atoms with van der Waals surface area (Å²) in [6.45, 7) is 0. The normalized spacial score (nSPS) is 11.5. The Kier molecular flexibility index (Phi) is 8.46. The second-order valence-electron chi connectivity index (χ2n) is 15.8. The molecule has 0 saturated heterocycles. The van der Waals surface area contributed by atoms with E-state index in [0.29, 0.717) is 0 Å². The molecule has 2 heterocycles. The van der Waals surface area contributed by atoms with Crippen LogP contribution in [0.2, 0.25) is 0 Å². The van der Waals surface area contributed by atoms with Gasteiger partial charge in [0.2, 0.25) is 0 Å². The standard InChI is InChI=1S/C58H37N3O/c1-4-12-38(13-5-1)39-22-28-46(29-23-39)61(48-32-34-51-50-18-10-11-19-53(50)62-54(51)37-48)47-30-24-40(25-31-47)44-26-33-49-45(36-44)21-20-41-27-35-52-58(55(41)49)60-57(43-16-8-3-9-17-43)56(59-52)42-14-6-2-7-15-42/h1-37H. The molecule has 0 atom stereocenters. The fourth-order valence-electron chi connectivity index (χ4n) is 8.98. The number of furan rings is 1. The van der Waals surface area contributed by atoms with E-state index in [-0.39, 0.29) is 0 Å². The third-order valence-electron chi connectivity index (χ3n) is 12.0. The lowest BCUT2D eigenvalue weighted by Crippen LogP contribution is -2.09. The number of anilines is 3. The van der Waals surface area contributed by atoms with E-state index >= 15 is 0 Å². The predicted octanol–water partition coefficient (Wildman–Crippen LogP) is 16.0. The van der Waals surface area contributed by atoms with Crippen molar-refractivity contribution < 1.29 is 4.42 Å². The number of nitrogens with zero attached hydrogens (tertiary/aromatic N) is 3. The van der Waals surface area contributed by atoms with Crippen molar-refractivity contribution in [1.29, 1.82) is 0 Å². The molecule has 0 unspecified atom stereocenters. The largest absolute Gasteiger partial charge is 0.456 e. The summed E-state index contributed by atoms with van der Waals surface area (Å²) in [5.41, 5.74) is 15.2. The lowest BCUT2D eigenvalue weighted by Gasteiger charge is -2.26. The van der Waals surface area contributed by atoms with Crippen LogP contribution in [0.15, 0.2) is 229 Å². The molecule has 0 aliphatic carbocycles. The highest BCUT2D eigenvalue weighted by Crippen LogP contribution is 2.41. The zero-order valence-electron chi connectivity index (χ0n) is 33.6. The van der Waals surface area contributed by atoms with Crippen molar-refractivity contribution in [3.8, 4) is 44.8 Å². The second-order valence-corrected chi connectivity index (χ2v) is 15.8. The summed E-state index contributed by atoms with van der Waals surface area (Å²) in [5.74, 6) is 0. The summed E-state index contributed by atoms with van der Waals surface area (Å²) in [6.07, 6.45) is 0. The van der Waals surface area contributed by atoms with Crippen LogP contribution in [0.25, 0.3) is 99.3 Å². The Morgan fingerprint density at radius 2 is 0.823 bits per heavy atom. The highest BCUT2D eigenvalue weighted by molar-refractivity contribution is 6.19. The third-order valence-corrected chi connectivity index (χ3v) is 12.0. The predicted molar refractivity (Wildman–Crippen MR) is 258 cm³/mol. The van der Waals surface area contributed by atoms with Crippen molar-refractivity contribution in [2.24, 2.45) is 0 Å². The Bertz CT molecular complexity index is 3600. The highest BCUT2D eigenvalue weighted by Gasteiger charge is 2.18. The molecule has 0 N–H and O–H groups in total. The van der Waals surface area contributed by atoms with Gasteiger partial charge in [-0.05, 0) is 93.0 Å². The Balaban J connectivity index is 0.946. The van der Waals surface area contributed by atoms with Gasteiger partial charge in [0.05, 0.1) is 22.4 Å². The molecule has 2 aromatic heterocycles. The van der Waals surface area contributed by atoms with Gasteiger partial charge >= 0.3 is 0 Å². The van der Waals surface area contributed by atoms with Crippen LogP contribution < -0.4 is 4.90 Å². The van der Waals surface area contributed by atoms with E-state index in [1.54, 1.807) is 0 Å². The Morgan fingerprint density at radius 3 is 1.52 bits per heavy atom. The molecule has 10 aromatic carbocycles. The Hall–Kier alpha value is -8.34. The van der Waals surface area contributed by atoms with Crippen molar-refractivity contribution >= 4 is 71.6 Å². The molecule has 0 aliphatic heterocycles. The fourth-order valence-corrected chi connectivity index (χ4v) is 8.98. The smallest absolute Gasteiger partial charge is 0.137 e. The monoisotopic (exact) mass is 791 g/mol. The van der Waals surface area contributed by atoms with Crippen molar-refractivity contribution in [2.75, 3.05) is 4.90 Å². The van der Waals surface area contributed by atoms with E-state index < -0.39 is 0 Å². The number of aromatic nitrogens is 2. The molecule has 0 amide bonds. The zero-order valence-corrected chi connectivity index (χ0v) is 33.6. The van der Waals surface area contributed by atoms with Crippen molar-refractivity contribution in [2.45, 2.75) is 0 Å². The summed E-state index contributed by atoms with van der Waals surface area (Å²) in [7, 11) is 0. The van der Waals surface area contributed by atoms with Crippen molar-refractivity contribution in [3.63, 3.8) is 0 Å². The van der Waals surface area contributed by atoms with Gasteiger partial charge in [0.25, 0.3) is 0 Å². The van der Waals surface area contributed by atoms with Gasteiger partial charge in [-0.15, -0.1) is 0 Å². The van der Waals surface area contributed by atoms with Gasteiger partial charge in [0.1, 0.15) is 11.2 Å². The molecule has 0 fully saturated rings. The summed E-state index contributed by atoms with van der Waals surface area (Å²) < 4.78 is 6.37. The Labute approximate surface area is 358 Å². The molecule has 0 bridgehead atoms. The summed E-state index contributed by atoms with van der Waals surface area (Å²) in [6, 6.07) is 79.1. The van der Waals surface area contributed by atoms with Crippen molar-refractivity contribution in [1.82, 2.24) is 9.97 Å². The molecule has 0 saturated carbocycles. The zero-order chi connectivity index (χ0) is 41.0.